The summed E-state index contributed by atoms with van der Waals surface area (Å²) >= 11 is 5.76. The molecule has 0 amide bonds. The maximum Gasteiger partial charge on any atom is 0.223 e. The molecule has 128 valence electrons. The third-order valence-corrected chi connectivity index (χ3v) is 4.47. The number of hydrogen-bond donors (Lipinski definition) is 0. The van der Waals surface area contributed by atoms with Crippen LogP contribution in [0, 0.1) is 11.6 Å². The minimum atomic E-state index is -0.649. The summed E-state index contributed by atoms with van der Waals surface area (Å²) in [6, 6.07) is 3.19. The lowest BCUT2D eigenvalue weighted by Gasteiger charge is -2.37. The van der Waals surface area contributed by atoms with Gasteiger partial charge in [-0.25, -0.2) is 18.7 Å². The van der Waals surface area contributed by atoms with E-state index < -0.39 is 11.6 Å². The van der Waals surface area contributed by atoms with Crippen molar-refractivity contribution in [2.75, 3.05) is 18.1 Å². The van der Waals surface area contributed by atoms with E-state index in [1.807, 2.05) is 0 Å². The normalized spacial score (nSPS) is 13.8. The van der Waals surface area contributed by atoms with E-state index >= 15 is 0 Å². The molecule has 1 aromatic heterocycles. The van der Waals surface area contributed by atoms with Gasteiger partial charge in [-0.05, 0) is 36.6 Å². The fourth-order valence-electron chi connectivity index (χ4n) is 3.10. The molecule has 7 heteroatoms. The molecule has 2 aromatic rings. The van der Waals surface area contributed by atoms with E-state index in [1.165, 1.54) is 6.07 Å². The Morgan fingerprint density at radius 1 is 1.25 bits per heavy atom. The van der Waals surface area contributed by atoms with Crippen LogP contribution < -0.4 is 9.64 Å². The average molecular weight is 354 g/mol. The summed E-state index contributed by atoms with van der Waals surface area (Å²) in [5.74, 6) is -0.977. The van der Waals surface area contributed by atoms with Gasteiger partial charge in [0.15, 0.2) is 17.4 Å². The van der Waals surface area contributed by atoms with Gasteiger partial charge >= 0.3 is 0 Å². The molecular weight excluding hydrogens is 336 g/mol. The van der Waals surface area contributed by atoms with E-state index in [2.05, 4.69) is 28.7 Å². The van der Waals surface area contributed by atoms with Crippen molar-refractivity contribution >= 4 is 17.3 Å². The predicted molar refractivity (Wildman–Crippen MR) is 89.6 cm³/mol. The number of halogens is 3. The Kier molecular flexibility index (Phi) is 4.85. The first-order chi connectivity index (χ1) is 11.5. The molecule has 24 heavy (non-hydrogen) atoms. The first-order valence-corrected chi connectivity index (χ1v) is 8.34. The van der Waals surface area contributed by atoms with E-state index in [1.54, 1.807) is 6.07 Å². The number of hydrogen-bond acceptors (Lipinski definition) is 4. The summed E-state index contributed by atoms with van der Waals surface area (Å²) in [6.07, 6.45) is 2.84. The predicted octanol–water partition coefficient (Wildman–Crippen LogP) is 4.46. The molecule has 0 N–H and O–H groups in total. The van der Waals surface area contributed by atoms with Crippen molar-refractivity contribution in [3.05, 3.63) is 35.2 Å². The molecular formula is C17H18ClF2N3O. The van der Waals surface area contributed by atoms with Gasteiger partial charge in [0, 0.05) is 11.6 Å². The van der Waals surface area contributed by atoms with Crippen LogP contribution in [0.5, 0.6) is 5.75 Å². The van der Waals surface area contributed by atoms with Gasteiger partial charge in [0.25, 0.3) is 0 Å². The second-order valence-corrected chi connectivity index (χ2v) is 5.99. The van der Waals surface area contributed by atoms with Crippen LogP contribution >= 0.6 is 11.6 Å². The molecule has 3 rings (SSSR count). The summed E-state index contributed by atoms with van der Waals surface area (Å²) in [4.78, 5) is 9.61. The lowest BCUT2D eigenvalue weighted by atomic mass is 10.0. The summed E-state index contributed by atoms with van der Waals surface area (Å²) in [6.45, 7) is 5.27. The fourth-order valence-corrected chi connectivity index (χ4v) is 3.23. The summed E-state index contributed by atoms with van der Waals surface area (Å²) < 4.78 is 34.1. The third-order valence-electron chi connectivity index (χ3n) is 4.28. The second kappa shape index (κ2) is 6.89. The summed E-state index contributed by atoms with van der Waals surface area (Å²) in [5, 5.41) is -0.0855. The Hall–Kier alpha value is -1.95. The number of benzene rings is 1. The minimum absolute atomic E-state index is 0.0215. The Morgan fingerprint density at radius 2 is 2.00 bits per heavy atom. The maximum absolute atomic E-state index is 14.5. The lowest BCUT2D eigenvalue weighted by molar-refractivity contribution is 0.283. The molecule has 1 aliphatic rings. The fraction of sp³-hybridized carbons (Fsp3) is 0.412. The first-order valence-electron chi connectivity index (χ1n) is 7.96. The molecule has 1 aromatic carbocycles. The molecule has 0 bridgehead atoms. The largest absolute Gasteiger partial charge is 0.486 e. The van der Waals surface area contributed by atoms with Crippen molar-refractivity contribution in [1.29, 1.82) is 0 Å². The third kappa shape index (κ3) is 3.02. The standard InChI is InChI=1S/C17H18ClF2N3O/c1-3-11(4-2)23-5-6-24-16-12(19)7-10(8-14(16)23)15-13(20)9-21-17(18)22-15/h7-9,11H,3-6H2,1-2H3. The van der Waals surface area contributed by atoms with Crippen molar-refractivity contribution in [3.63, 3.8) is 0 Å². The Labute approximate surface area is 144 Å². The van der Waals surface area contributed by atoms with Gasteiger partial charge < -0.3 is 9.64 Å². The van der Waals surface area contributed by atoms with Crippen LogP contribution in [0.15, 0.2) is 18.3 Å². The smallest absolute Gasteiger partial charge is 0.223 e. The zero-order chi connectivity index (χ0) is 17.3. The molecule has 1 aliphatic heterocycles. The Bertz CT molecular complexity index is 753. The molecule has 0 fully saturated rings. The van der Waals surface area contributed by atoms with Gasteiger partial charge in [0.2, 0.25) is 5.28 Å². The van der Waals surface area contributed by atoms with Crippen LogP contribution in [0.3, 0.4) is 0 Å². The molecule has 0 unspecified atom stereocenters. The monoisotopic (exact) mass is 353 g/mol. The molecule has 0 aliphatic carbocycles. The zero-order valence-corrected chi connectivity index (χ0v) is 14.3. The molecule has 4 nitrogen and oxygen atoms in total. The zero-order valence-electron chi connectivity index (χ0n) is 13.5. The van der Waals surface area contributed by atoms with Crippen molar-refractivity contribution in [2.24, 2.45) is 0 Å². The van der Waals surface area contributed by atoms with Crippen molar-refractivity contribution in [3.8, 4) is 17.0 Å². The number of fused-ring (bicyclic) bond motifs is 1. The lowest BCUT2D eigenvalue weighted by Crippen LogP contribution is -2.40. The highest BCUT2D eigenvalue weighted by atomic mass is 35.5. The van der Waals surface area contributed by atoms with Crippen LogP contribution in [-0.2, 0) is 0 Å². The van der Waals surface area contributed by atoms with Gasteiger partial charge in [-0.1, -0.05) is 13.8 Å². The van der Waals surface area contributed by atoms with Crippen LogP contribution in [0.25, 0.3) is 11.3 Å². The highest BCUT2D eigenvalue weighted by Gasteiger charge is 2.27. The van der Waals surface area contributed by atoms with Gasteiger partial charge in [-0.3, -0.25) is 0 Å². The van der Waals surface area contributed by atoms with Crippen molar-refractivity contribution < 1.29 is 13.5 Å². The van der Waals surface area contributed by atoms with Crippen LogP contribution in [0.4, 0.5) is 14.5 Å². The van der Waals surface area contributed by atoms with E-state index in [4.69, 9.17) is 16.3 Å². The molecule has 0 saturated heterocycles. The molecule has 0 saturated carbocycles. The highest BCUT2D eigenvalue weighted by Crippen LogP contribution is 2.40. The second-order valence-electron chi connectivity index (χ2n) is 5.65. The van der Waals surface area contributed by atoms with Gasteiger partial charge in [0.1, 0.15) is 12.3 Å². The number of ether oxygens (including phenoxy) is 1. The summed E-state index contributed by atoms with van der Waals surface area (Å²) in [5.41, 5.74) is 0.917. The van der Waals surface area contributed by atoms with E-state index in [0.29, 0.717) is 24.4 Å². The maximum atomic E-state index is 14.5. The average Bonchev–Trinajstić information content (AvgIpc) is 2.58. The number of nitrogens with zero attached hydrogens (tertiary/aromatic N) is 3. The number of anilines is 1. The quantitative estimate of drug-likeness (QED) is 0.760. The Balaban J connectivity index is 2.13. The van der Waals surface area contributed by atoms with E-state index in [9.17, 15) is 8.78 Å². The SMILES string of the molecule is CCC(CC)N1CCOc2c(F)cc(-c3nc(Cl)ncc3F)cc21. The van der Waals surface area contributed by atoms with Gasteiger partial charge in [-0.2, -0.15) is 0 Å². The number of rotatable bonds is 4. The van der Waals surface area contributed by atoms with Crippen LogP contribution in [-0.4, -0.2) is 29.2 Å². The molecule has 0 radical (unpaired) electrons. The molecule has 2 heterocycles. The van der Waals surface area contributed by atoms with Crippen LogP contribution in [0.1, 0.15) is 26.7 Å². The van der Waals surface area contributed by atoms with Gasteiger partial charge in [-0.15, -0.1) is 0 Å². The van der Waals surface area contributed by atoms with E-state index in [-0.39, 0.29) is 22.8 Å². The van der Waals surface area contributed by atoms with Gasteiger partial charge in [0.05, 0.1) is 18.4 Å². The molecule has 0 atom stereocenters. The topological polar surface area (TPSA) is 38.2 Å². The van der Waals surface area contributed by atoms with Crippen molar-refractivity contribution in [1.82, 2.24) is 9.97 Å². The minimum Gasteiger partial charge on any atom is -0.486 e. The highest BCUT2D eigenvalue weighted by molar-refractivity contribution is 6.28. The van der Waals surface area contributed by atoms with Crippen LogP contribution in [0.2, 0.25) is 5.28 Å². The summed E-state index contributed by atoms with van der Waals surface area (Å²) in [7, 11) is 0. The molecule has 0 spiro atoms. The first kappa shape index (κ1) is 16.9. The van der Waals surface area contributed by atoms with E-state index in [0.717, 1.165) is 19.0 Å². The number of aromatic nitrogens is 2. The van der Waals surface area contributed by atoms with Crippen molar-refractivity contribution in [2.45, 2.75) is 32.7 Å². The Morgan fingerprint density at radius 3 is 2.71 bits per heavy atom.